The first kappa shape index (κ1) is 12.2. The third kappa shape index (κ3) is 2.70. The number of fused-ring (bicyclic) bond motifs is 1. The smallest absolute Gasteiger partial charge is 0.231 e. The quantitative estimate of drug-likeness (QED) is 0.755. The summed E-state index contributed by atoms with van der Waals surface area (Å²) in [5.74, 6) is 1.67. The molecule has 94 valence electrons. The van der Waals surface area contributed by atoms with Crippen molar-refractivity contribution in [2.45, 2.75) is 19.3 Å². The number of rotatable bonds is 5. The minimum Gasteiger partial charge on any atom is -0.454 e. The highest BCUT2D eigenvalue weighted by atomic mass is 16.7. The first-order valence-corrected chi connectivity index (χ1v) is 5.94. The molecule has 1 aromatic rings. The van der Waals surface area contributed by atoms with Gasteiger partial charge in [-0.25, -0.2) is 0 Å². The molecule has 0 fully saturated rings. The number of hydrogen-bond acceptors (Lipinski definition) is 4. The Balaban J connectivity index is 2.10. The maximum atomic E-state index is 5.47. The summed E-state index contributed by atoms with van der Waals surface area (Å²) in [5, 5.41) is 3.34. The molecule has 0 saturated carbocycles. The Bertz CT molecular complexity index is 391. The second-order valence-corrected chi connectivity index (χ2v) is 4.92. The van der Waals surface area contributed by atoms with Gasteiger partial charge in [-0.05, 0) is 17.7 Å². The van der Waals surface area contributed by atoms with Crippen LogP contribution in [-0.4, -0.2) is 26.4 Å². The molecule has 4 nitrogen and oxygen atoms in total. The largest absolute Gasteiger partial charge is 0.454 e. The van der Waals surface area contributed by atoms with Crippen molar-refractivity contribution in [3.05, 3.63) is 23.8 Å². The molecule has 0 atom stereocenters. The van der Waals surface area contributed by atoms with E-state index in [0.29, 0.717) is 13.3 Å². The minimum atomic E-state index is 0.0517. The van der Waals surface area contributed by atoms with Gasteiger partial charge in [0.05, 0.1) is 0 Å². The van der Waals surface area contributed by atoms with Crippen LogP contribution >= 0.6 is 0 Å². The van der Waals surface area contributed by atoms with Crippen LogP contribution in [0.1, 0.15) is 19.4 Å². The summed E-state index contributed by atoms with van der Waals surface area (Å²) in [6, 6.07) is 6.13. The average Bonchev–Trinajstić information content (AvgIpc) is 2.76. The van der Waals surface area contributed by atoms with E-state index in [9.17, 15) is 0 Å². The molecule has 17 heavy (non-hydrogen) atoms. The lowest BCUT2D eigenvalue weighted by Crippen LogP contribution is -2.35. The Hall–Kier alpha value is -1.26. The van der Waals surface area contributed by atoms with Crippen molar-refractivity contribution in [3.63, 3.8) is 0 Å². The molecule has 0 spiro atoms. The van der Waals surface area contributed by atoms with Crippen LogP contribution in [0.25, 0.3) is 0 Å². The van der Waals surface area contributed by atoms with Gasteiger partial charge in [-0.1, -0.05) is 19.9 Å². The summed E-state index contributed by atoms with van der Waals surface area (Å²) >= 11 is 0. The lowest BCUT2D eigenvalue weighted by Gasteiger charge is -2.26. The van der Waals surface area contributed by atoms with E-state index in [1.54, 1.807) is 0 Å². The van der Waals surface area contributed by atoms with Crippen LogP contribution < -0.4 is 20.5 Å². The normalized spacial score (nSPS) is 14.1. The molecule has 2 rings (SSSR count). The molecule has 4 heteroatoms. The van der Waals surface area contributed by atoms with Gasteiger partial charge in [0.2, 0.25) is 6.79 Å². The molecule has 0 saturated heterocycles. The first-order chi connectivity index (χ1) is 8.13. The lowest BCUT2D eigenvalue weighted by molar-refractivity contribution is 0.174. The second-order valence-electron chi connectivity index (χ2n) is 4.92. The maximum absolute atomic E-state index is 5.47. The number of hydrogen-bond donors (Lipinski definition) is 2. The molecular formula is C13H20N2O2. The summed E-state index contributed by atoms with van der Waals surface area (Å²) in [5.41, 5.74) is 6.76. The Labute approximate surface area is 102 Å². The Morgan fingerprint density at radius 2 is 2.06 bits per heavy atom. The van der Waals surface area contributed by atoms with Gasteiger partial charge in [-0.15, -0.1) is 0 Å². The zero-order valence-electron chi connectivity index (χ0n) is 10.5. The molecule has 0 unspecified atom stereocenters. The van der Waals surface area contributed by atoms with E-state index in [-0.39, 0.29) is 5.41 Å². The molecule has 1 aliphatic heterocycles. The molecule has 0 aromatic heterocycles. The second kappa shape index (κ2) is 4.94. The number of nitrogens with one attached hydrogen (secondary N) is 1. The van der Waals surface area contributed by atoms with Gasteiger partial charge in [-0.3, -0.25) is 0 Å². The fraction of sp³-hybridized carbons (Fsp3) is 0.538. The predicted molar refractivity (Wildman–Crippen MR) is 67.5 cm³/mol. The van der Waals surface area contributed by atoms with Crippen molar-refractivity contribution in [1.82, 2.24) is 5.32 Å². The maximum Gasteiger partial charge on any atom is 0.231 e. The molecule has 1 aromatic carbocycles. The molecule has 0 aliphatic carbocycles. The summed E-state index contributed by atoms with van der Waals surface area (Å²) in [6.07, 6.45) is 0. The zero-order valence-corrected chi connectivity index (χ0v) is 10.5. The van der Waals surface area contributed by atoms with Crippen molar-refractivity contribution in [1.29, 1.82) is 0 Å². The van der Waals surface area contributed by atoms with Crippen molar-refractivity contribution in [3.8, 4) is 11.5 Å². The standard InChI is InChI=1S/C13H20N2O2/c1-13(2,8-15-6-5-14)10-3-4-11-12(7-10)17-9-16-11/h3-4,7,15H,5-6,8-9,14H2,1-2H3. The summed E-state index contributed by atoms with van der Waals surface area (Å²) in [6.45, 7) is 7.13. The third-order valence-corrected chi connectivity index (χ3v) is 3.04. The summed E-state index contributed by atoms with van der Waals surface area (Å²) in [4.78, 5) is 0. The van der Waals surface area contributed by atoms with E-state index in [1.807, 2.05) is 6.07 Å². The van der Waals surface area contributed by atoms with Crippen LogP contribution in [-0.2, 0) is 5.41 Å². The van der Waals surface area contributed by atoms with Crippen molar-refractivity contribution in [2.75, 3.05) is 26.4 Å². The molecule has 3 N–H and O–H groups in total. The SMILES string of the molecule is CC(C)(CNCCN)c1ccc2c(c1)OCO2. The Morgan fingerprint density at radius 3 is 2.82 bits per heavy atom. The summed E-state index contributed by atoms with van der Waals surface area (Å²) in [7, 11) is 0. The van der Waals surface area contributed by atoms with Gasteiger partial charge in [0.25, 0.3) is 0 Å². The molecule has 0 bridgehead atoms. The fourth-order valence-electron chi connectivity index (χ4n) is 1.92. The topological polar surface area (TPSA) is 56.5 Å². The predicted octanol–water partition coefficient (Wildman–Crippen LogP) is 1.24. The average molecular weight is 236 g/mol. The van der Waals surface area contributed by atoms with Gasteiger partial charge >= 0.3 is 0 Å². The van der Waals surface area contributed by atoms with Crippen LogP contribution in [0.3, 0.4) is 0 Å². The van der Waals surface area contributed by atoms with Gasteiger partial charge in [0, 0.05) is 25.0 Å². The monoisotopic (exact) mass is 236 g/mol. The van der Waals surface area contributed by atoms with Crippen LogP contribution in [0, 0.1) is 0 Å². The molecule has 1 heterocycles. The van der Waals surface area contributed by atoms with Gasteiger partial charge < -0.3 is 20.5 Å². The van der Waals surface area contributed by atoms with Gasteiger partial charge in [-0.2, -0.15) is 0 Å². The highest BCUT2D eigenvalue weighted by Crippen LogP contribution is 2.36. The van der Waals surface area contributed by atoms with Crippen molar-refractivity contribution in [2.24, 2.45) is 5.73 Å². The zero-order chi connectivity index (χ0) is 12.3. The summed E-state index contributed by atoms with van der Waals surface area (Å²) < 4.78 is 10.7. The third-order valence-electron chi connectivity index (χ3n) is 3.04. The van der Waals surface area contributed by atoms with E-state index >= 15 is 0 Å². The molecule has 1 aliphatic rings. The van der Waals surface area contributed by atoms with Crippen LogP contribution in [0.2, 0.25) is 0 Å². The number of benzene rings is 1. The Morgan fingerprint density at radius 1 is 1.29 bits per heavy atom. The molecule has 0 amide bonds. The molecule has 0 radical (unpaired) electrons. The van der Waals surface area contributed by atoms with E-state index < -0.39 is 0 Å². The van der Waals surface area contributed by atoms with Crippen LogP contribution in [0.5, 0.6) is 11.5 Å². The van der Waals surface area contributed by atoms with Gasteiger partial charge in [0.15, 0.2) is 11.5 Å². The highest BCUT2D eigenvalue weighted by Gasteiger charge is 2.23. The number of nitrogens with two attached hydrogens (primary N) is 1. The van der Waals surface area contributed by atoms with E-state index in [0.717, 1.165) is 24.6 Å². The van der Waals surface area contributed by atoms with Gasteiger partial charge in [0.1, 0.15) is 0 Å². The van der Waals surface area contributed by atoms with Crippen molar-refractivity contribution >= 4 is 0 Å². The van der Waals surface area contributed by atoms with Crippen LogP contribution in [0.15, 0.2) is 18.2 Å². The van der Waals surface area contributed by atoms with E-state index in [2.05, 4.69) is 31.3 Å². The van der Waals surface area contributed by atoms with Crippen LogP contribution in [0.4, 0.5) is 0 Å². The lowest BCUT2D eigenvalue weighted by atomic mass is 9.84. The van der Waals surface area contributed by atoms with Crippen molar-refractivity contribution < 1.29 is 9.47 Å². The van der Waals surface area contributed by atoms with E-state index in [4.69, 9.17) is 15.2 Å². The Kier molecular flexibility index (Phi) is 3.54. The molecular weight excluding hydrogens is 216 g/mol. The highest BCUT2D eigenvalue weighted by molar-refractivity contribution is 5.46. The fourth-order valence-corrected chi connectivity index (χ4v) is 1.92. The number of ether oxygens (including phenoxy) is 2. The minimum absolute atomic E-state index is 0.0517. The first-order valence-electron chi connectivity index (χ1n) is 5.94. The van der Waals surface area contributed by atoms with E-state index in [1.165, 1.54) is 5.56 Å².